The van der Waals surface area contributed by atoms with E-state index in [1.54, 1.807) is 6.07 Å². The lowest BCUT2D eigenvalue weighted by atomic mass is 10.0. The molecule has 2 rings (SSSR count). The number of aromatic hydroxyl groups is 1. The molecular formula is C13H8INO4. The molecule has 0 aromatic heterocycles. The molecule has 0 fully saturated rings. The third-order valence-corrected chi connectivity index (χ3v) is 3.42. The third-order valence-electron chi connectivity index (χ3n) is 2.56. The van der Waals surface area contributed by atoms with Crippen LogP contribution in [0.15, 0.2) is 42.5 Å². The van der Waals surface area contributed by atoms with Crippen LogP contribution in [0, 0.1) is 13.7 Å². The number of carbonyl (C=O) groups excluding carboxylic acids is 1. The number of hydrogen-bond acceptors (Lipinski definition) is 4. The minimum Gasteiger partial charge on any atom is -0.507 e. The first kappa shape index (κ1) is 13.5. The van der Waals surface area contributed by atoms with Crippen LogP contribution in [0.25, 0.3) is 0 Å². The zero-order valence-corrected chi connectivity index (χ0v) is 11.7. The summed E-state index contributed by atoms with van der Waals surface area (Å²) in [5, 5.41) is 20.3. The quantitative estimate of drug-likeness (QED) is 0.390. The van der Waals surface area contributed by atoms with Crippen molar-refractivity contribution in [1.82, 2.24) is 0 Å². The van der Waals surface area contributed by atoms with Crippen LogP contribution < -0.4 is 0 Å². The number of nitro groups is 1. The molecule has 6 heteroatoms. The largest absolute Gasteiger partial charge is 0.507 e. The van der Waals surface area contributed by atoms with Crippen LogP contribution in [-0.2, 0) is 0 Å². The summed E-state index contributed by atoms with van der Waals surface area (Å²) in [5.74, 6) is -0.370. The van der Waals surface area contributed by atoms with Gasteiger partial charge < -0.3 is 5.11 Å². The number of nitrogens with zero attached hydrogens (tertiary/aromatic N) is 1. The number of ketones is 1. The van der Waals surface area contributed by atoms with E-state index in [1.807, 2.05) is 22.6 Å². The summed E-state index contributed by atoms with van der Waals surface area (Å²) in [7, 11) is 0. The van der Waals surface area contributed by atoms with Gasteiger partial charge in [-0.15, -0.1) is 0 Å². The third kappa shape index (κ3) is 2.73. The fourth-order valence-electron chi connectivity index (χ4n) is 1.63. The lowest BCUT2D eigenvalue weighted by Crippen LogP contribution is -2.05. The lowest BCUT2D eigenvalue weighted by molar-refractivity contribution is -0.385. The molecule has 0 saturated carbocycles. The van der Waals surface area contributed by atoms with Gasteiger partial charge >= 0.3 is 0 Å². The molecule has 1 N–H and O–H groups in total. The van der Waals surface area contributed by atoms with Crippen molar-refractivity contribution in [1.29, 1.82) is 0 Å². The van der Waals surface area contributed by atoms with Crippen LogP contribution in [0.2, 0.25) is 0 Å². The maximum atomic E-state index is 12.2. The smallest absolute Gasteiger partial charge is 0.280 e. The van der Waals surface area contributed by atoms with Gasteiger partial charge in [-0.05, 0) is 46.9 Å². The van der Waals surface area contributed by atoms with Crippen LogP contribution in [0.4, 0.5) is 5.69 Å². The van der Waals surface area contributed by atoms with Crippen molar-refractivity contribution in [3.63, 3.8) is 0 Å². The highest BCUT2D eigenvalue weighted by atomic mass is 127. The van der Waals surface area contributed by atoms with Crippen LogP contribution in [0.3, 0.4) is 0 Å². The minimum atomic E-state index is -0.585. The maximum Gasteiger partial charge on any atom is 0.280 e. The van der Waals surface area contributed by atoms with Crippen LogP contribution >= 0.6 is 22.6 Å². The molecule has 2 aromatic carbocycles. The highest BCUT2D eigenvalue weighted by molar-refractivity contribution is 14.1. The van der Waals surface area contributed by atoms with E-state index in [1.165, 1.54) is 36.4 Å². The number of para-hydroxylation sites is 1. The fourth-order valence-corrected chi connectivity index (χ4v) is 2.14. The predicted octanol–water partition coefficient (Wildman–Crippen LogP) is 3.14. The summed E-state index contributed by atoms with van der Waals surface area (Å²) in [6.45, 7) is 0. The van der Waals surface area contributed by atoms with E-state index in [2.05, 4.69) is 0 Å². The Kier molecular flexibility index (Phi) is 3.79. The Labute approximate surface area is 122 Å². The molecule has 0 atom stereocenters. The predicted molar refractivity (Wildman–Crippen MR) is 77.4 cm³/mol. The Balaban J connectivity index is 2.50. The Morgan fingerprint density at radius 2 is 1.89 bits per heavy atom. The number of phenolic OH excluding ortho intramolecular Hbond substituents is 1. The standard InChI is InChI=1S/C13H8INO4/c14-10-7-8(5-6-12(10)16)13(17)9-3-1-2-4-11(9)15(18)19/h1-7,16H. The summed E-state index contributed by atoms with van der Waals surface area (Å²) in [6.07, 6.45) is 0. The minimum absolute atomic E-state index is 0.0361. The SMILES string of the molecule is O=C(c1ccc(O)c(I)c1)c1ccccc1[N+](=O)[O-]. The number of benzene rings is 2. The molecule has 0 aliphatic carbocycles. The van der Waals surface area contributed by atoms with Gasteiger partial charge in [-0.3, -0.25) is 14.9 Å². The molecule has 0 aliphatic heterocycles. The number of halogens is 1. The summed E-state index contributed by atoms with van der Waals surface area (Å²) in [6, 6.07) is 10.1. The Morgan fingerprint density at radius 1 is 1.21 bits per heavy atom. The Hall–Kier alpha value is -1.96. The van der Waals surface area contributed by atoms with Crippen molar-refractivity contribution in [3.8, 4) is 5.75 Å². The second-order valence-corrected chi connectivity index (χ2v) is 4.93. The number of rotatable bonds is 3. The molecule has 0 aliphatic rings. The topological polar surface area (TPSA) is 80.4 Å². The molecular weight excluding hydrogens is 361 g/mol. The van der Waals surface area contributed by atoms with Crippen molar-refractivity contribution >= 4 is 34.1 Å². The van der Waals surface area contributed by atoms with Crippen molar-refractivity contribution in [3.05, 3.63) is 67.3 Å². The first-order valence-electron chi connectivity index (χ1n) is 5.27. The molecule has 0 heterocycles. The Morgan fingerprint density at radius 3 is 2.53 bits per heavy atom. The molecule has 0 unspecified atom stereocenters. The Bertz CT molecular complexity index is 669. The maximum absolute atomic E-state index is 12.2. The summed E-state index contributed by atoms with van der Waals surface area (Å²) in [4.78, 5) is 22.6. The fraction of sp³-hybridized carbons (Fsp3) is 0. The van der Waals surface area contributed by atoms with E-state index in [-0.39, 0.29) is 17.0 Å². The molecule has 2 aromatic rings. The molecule has 19 heavy (non-hydrogen) atoms. The van der Waals surface area contributed by atoms with E-state index >= 15 is 0 Å². The van der Waals surface area contributed by atoms with Crippen molar-refractivity contribution < 1.29 is 14.8 Å². The zero-order chi connectivity index (χ0) is 14.0. The van der Waals surface area contributed by atoms with E-state index in [0.29, 0.717) is 9.13 Å². The zero-order valence-electron chi connectivity index (χ0n) is 9.54. The van der Waals surface area contributed by atoms with Crippen LogP contribution in [-0.4, -0.2) is 15.8 Å². The van der Waals surface area contributed by atoms with E-state index in [9.17, 15) is 20.0 Å². The summed E-state index contributed by atoms with van der Waals surface area (Å²) >= 11 is 1.89. The van der Waals surface area contributed by atoms with Gasteiger partial charge in [-0.2, -0.15) is 0 Å². The second-order valence-electron chi connectivity index (χ2n) is 3.77. The number of hydrogen-bond donors (Lipinski definition) is 1. The van der Waals surface area contributed by atoms with Crippen LogP contribution in [0.1, 0.15) is 15.9 Å². The first-order valence-corrected chi connectivity index (χ1v) is 6.35. The van der Waals surface area contributed by atoms with Crippen molar-refractivity contribution in [2.45, 2.75) is 0 Å². The monoisotopic (exact) mass is 369 g/mol. The highest BCUT2D eigenvalue weighted by Gasteiger charge is 2.20. The molecule has 96 valence electrons. The average molecular weight is 369 g/mol. The molecule has 0 spiro atoms. The normalized spacial score (nSPS) is 10.2. The molecule has 0 radical (unpaired) electrons. The van der Waals surface area contributed by atoms with Gasteiger partial charge in [0.25, 0.3) is 5.69 Å². The van der Waals surface area contributed by atoms with Gasteiger partial charge in [0, 0.05) is 11.6 Å². The first-order chi connectivity index (χ1) is 9.00. The number of carbonyl (C=O) groups is 1. The molecule has 5 nitrogen and oxygen atoms in total. The molecule has 0 amide bonds. The summed E-state index contributed by atoms with van der Waals surface area (Å²) in [5.41, 5.74) is 0.112. The van der Waals surface area contributed by atoms with Crippen molar-refractivity contribution in [2.75, 3.05) is 0 Å². The van der Waals surface area contributed by atoms with E-state index < -0.39 is 10.7 Å². The molecule has 0 bridgehead atoms. The van der Waals surface area contributed by atoms with Gasteiger partial charge in [-0.25, -0.2) is 0 Å². The second kappa shape index (κ2) is 5.35. The van der Waals surface area contributed by atoms with E-state index in [0.717, 1.165) is 0 Å². The number of phenols is 1. The summed E-state index contributed by atoms with van der Waals surface area (Å²) < 4.78 is 0.516. The lowest BCUT2D eigenvalue weighted by Gasteiger charge is -2.04. The van der Waals surface area contributed by atoms with Gasteiger partial charge in [0.1, 0.15) is 11.3 Å². The number of nitro benzene ring substituents is 1. The van der Waals surface area contributed by atoms with Crippen LogP contribution in [0.5, 0.6) is 5.75 Å². The highest BCUT2D eigenvalue weighted by Crippen LogP contribution is 2.25. The average Bonchev–Trinajstić information content (AvgIpc) is 2.41. The van der Waals surface area contributed by atoms with Gasteiger partial charge in [0.2, 0.25) is 0 Å². The molecule has 0 saturated heterocycles. The van der Waals surface area contributed by atoms with Gasteiger partial charge in [0.05, 0.1) is 8.49 Å². The van der Waals surface area contributed by atoms with Gasteiger partial charge in [0.15, 0.2) is 5.78 Å². The van der Waals surface area contributed by atoms with E-state index in [4.69, 9.17) is 0 Å². The van der Waals surface area contributed by atoms with Crippen molar-refractivity contribution in [2.24, 2.45) is 0 Å². The van der Waals surface area contributed by atoms with Gasteiger partial charge in [-0.1, -0.05) is 12.1 Å².